The predicted octanol–water partition coefficient (Wildman–Crippen LogP) is 6.90. The van der Waals surface area contributed by atoms with Gasteiger partial charge in [-0.2, -0.15) is 4.39 Å². The van der Waals surface area contributed by atoms with Crippen LogP contribution in [0.4, 0.5) is 13.2 Å². The molecule has 0 bridgehead atoms. The summed E-state index contributed by atoms with van der Waals surface area (Å²) >= 11 is 0. The molecule has 0 spiro atoms. The highest BCUT2D eigenvalue weighted by Crippen LogP contribution is 2.42. The molecule has 146 valence electrons. The molecule has 0 radical (unpaired) electrons. The van der Waals surface area contributed by atoms with E-state index in [2.05, 4.69) is 0 Å². The molecule has 2 aromatic carbocycles. The number of ether oxygens (including phenoxy) is 1. The van der Waals surface area contributed by atoms with E-state index in [0.29, 0.717) is 12.2 Å². The average molecular weight is 376 g/mol. The zero-order valence-corrected chi connectivity index (χ0v) is 16.0. The SMILES string of the molecule is CCCc1ccc(C2CCC(c3ccc(OCC)c(F)c3F)CC2)cc1F. The monoisotopic (exact) mass is 376 g/mol. The molecular formula is C23H27F3O. The molecule has 3 rings (SSSR count). The van der Waals surface area contributed by atoms with Gasteiger partial charge in [-0.05, 0) is 79.7 Å². The maximum atomic E-state index is 14.5. The first-order valence-corrected chi connectivity index (χ1v) is 9.94. The van der Waals surface area contributed by atoms with E-state index < -0.39 is 11.6 Å². The van der Waals surface area contributed by atoms with Crippen LogP contribution in [0.2, 0.25) is 0 Å². The summed E-state index contributed by atoms with van der Waals surface area (Å²) in [6.07, 6.45) is 4.92. The molecule has 1 fully saturated rings. The first-order valence-electron chi connectivity index (χ1n) is 9.94. The summed E-state index contributed by atoms with van der Waals surface area (Å²) in [7, 11) is 0. The van der Waals surface area contributed by atoms with Crippen LogP contribution in [0.1, 0.15) is 74.5 Å². The van der Waals surface area contributed by atoms with Crippen LogP contribution in [0, 0.1) is 17.5 Å². The van der Waals surface area contributed by atoms with Gasteiger partial charge in [0.2, 0.25) is 5.82 Å². The van der Waals surface area contributed by atoms with E-state index in [4.69, 9.17) is 4.74 Å². The van der Waals surface area contributed by atoms with Gasteiger partial charge in [-0.25, -0.2) is 8.78 Å². The number of benzene rings is 2. The first kappa shape index (κ1) is 19.8. The maximum Gasteiger partial charge on any atom is 0.200 e. The Labute approximate surface area is 159 Å². The average Bonchev–Trinajstić information content (AvgIpc) is 2.68. The molecule has 0 amide bonds. The fourth-order valence-corrected chi connectivity index (χ4v) is 4.16. The Kier molecular flexibility index (Phi) is 6.46. The van der Waals surface area contributed by atoms with Gasteiger partial charge in [-0.1, -0.05) is 31.5 Å². The summed E-state index contributed by atoms with van der Waals surface area (Å²) in [5, 5.41) is 0. The molecule has 1 nitrogen and oxygen atoms in total. The highest BCUT2D eigenvalue weighted by Gasteiger charge is 2.27. The number of aryl methyl sites for hydroxylation is 1. The Morgan fingerprint density at radius 2 is 1.59 bits per heavy atom. The topological polar surface area (TPSA) is 9.23 Å². The van der Waals surface area contributed by atoms with Crippen molar-refractivity contribution in [2.24, 2.45) is 0 Å². The van der Waals surface area contributed by atoms with E-state index in [1.165, 1.54) is 6.07 Å². The van der Waals surface area contributed by atoms with E-state index in [1.54, 1.807) is 19.1 Å². The van der Waals surface area contributed by atoms with Crippen molar-refractivity contribution in [3.05, 3.63) is 64.5 Å². The molecule has 27 heavy (non-hydrogen) atoms. The maximum absolute atomic E-state index is 14.5. The van der Waals surface area contributed by atoms with Gasteiger partial charge in [0.05, 0.1) is 6.61 Å². The van der Waals surface area contributed by atoms with Crippen molar-refractivity contribution < 1.29 is 17.9 Å². The van der Waals surface area contributed by atoms with Crippen LogP contribution >= 0.6 is 0 Å². The Morgan fingerprint density at radius 1 is 0.889 bits per heavy atom. The lowest BCUT2D eigenvalue weighted by molar-refractivity contribution is 0.310. The van der Waals surface area contributed by atoms with Crippen LogP contribution in [0.15, 0.2) is 30.3 Å². The van der Waals surface area contributed by atoms with Crippen molar-refractivity contribution in [2.45, 2.75) is 64.2 Å². The second-order valence-corrected chi connectivity index (χ2v) is 7.36. The normalized spacial score (nSPS) is 19.9. The summed E-state index contributed by atoms with van der Waals surface area (Å²) in [5.74, 6) is -1.58. The van der Waals surface area contributed by atoms with Crippen LogP contribution in [0.25, 0.3) is 0 Å². The highest BCUT2D eigenvalue weighted by molar-refractivity contribution is 5.34. The van der Waals surface area contributed by atoms with Gasteiger partial charge in [0.25, 0.3) is 0 Å². The van der Waals surface area contributed by atoms with E-state index >= 15 is 0 Å². The Morgan fingerprint density at radius 3 is 2.22 bits per heavy atom. The van der Waals surface area contributed by atoms with Gasteiger partial charge in [0.1, 0.15) is 5.82 Å². The minimum atomic E-state index is -0.898. The number of hydrogen-bond donors (Lipinski definition) is 0. The van der Waals surface area contributed by atoms with Crippen molar-refractivity contribution in [1.82, 2.24) is 0 Å². The van der Waals surface area contributed by atoms with Gasteiger partial charge < -0.3 is 4.74 Å². The standard InChI is InChI=1S/C23H27F3O/c1-3-5-17-10-11-18(14-20(17)24)15-6-8-16(9-7-15)19-12-13-21(27-4-2)23(26)22(19)25/h10-16H,3-9H2,1-2H3. The Balaban J connectivity index is 1.69. The second-order valence-electron chi connectivity index (χ2n) is 7.36. The molecule has 0 heterocycles. The highest BCUT2D eigenvalue weighted by atomic mass is 19.2. The molecule has 0 aromatic heterocycles. The van der Waals surface area contributed by atoms with E-state index in [9.17, 15) is 13.2 Å². The molecule has 0 unspecified atom stereocenters. The quantitative estimate of drug-likeness (QED) is 0.533. The van der Waals surface area contributed by atoms with Crippen molar-refractivity contribution in [2.75, 3.05) is 6.61 Å². The van der Waals surface area contributed by atoms with E-state index in [0.717, 1.165) is 49.7 Å². The van der Waals surface area contributed by atoms with Gasteiger partial charge >= 0.3 is 0 Å². The molecule has 1 aliphatic rings. The second kappa shape index (κ2) is 8.81. The summed E-state index contributed by atoms with van der Waals surface area (Å²) in [5.41, 5.74) is 2.21. The molecule has 1 aliphatic carbocycles. The first-order chi connectivity index (χ1) is 13.0. The van der Waals surface area contributed by atoms with Crippen molar-refractivity contribution in [3.8, 4) is 5.75 Å². The smallest absolute Gasteiger partial charge is 0.200 e. The fourth-order valence-electron chi connectivity index (χ4n) is 4.16. The zero-order chi connectivity index (χ0) is 19.4. The summed E-state index contributed by atoms with van der Waals surface area (Å²) in [4.78, 5) is 0. The van der Waals surface area contributed by atoms with Gasteiger partial charge in [-0.3, -0.25) is 0 Å². The number of halogens is 3. The lowest BCUT2D eigenvalue weighted by atomic mass is 9.76. The molecule has 0 N–H and O–H groups in total. The summed E-state index contributed by atoms with van der Waals surface area (Å²) in [6, 6.07) is 8.74. The van der Waals surface area contributed by atoms with E-state index in [-0.39, 0.29) is 23.4 Å². The van der Waals surface area contributed by atoms with Crippen LogP contribution in [-0.4, -0.2) is 6.61 Å². The third-order valence-electron chi connectivity index (χ3n) is 5.61. The van der Waals surface area contributed by atoms with Crippen molar-refractivity contribution in [3.63, 3.8) is 0 Å². The van der Waals surface area contributed by atoms with Crippen LogP contribution in [0.3, 0.4) is 0 Å². The summed E-state index contributed by atoms with van der Waals surface area (Å²) < 4.78 is 48.0. The van der Waals surface area contributed by atoms with Crippen molar-refractivity contribution >= 4 is 0 Å². The number of hydrogen-bond acceptors (Lipinski definition) is 1. The molecular weight excluding hydrogens is 349 g/mol. The Hall–Kier alpha value is -1.97. The van der Waals surface area contributed by atoms with E-state index in [1.807, 2.05) is 19.1 Å². The molecule has 0 aliphatic heterocycles. The number of rotatable bonds is 6. The van der Waals surface area contributed by atoms with Gasteiger partial charge in [-0.15, -0.1) is 0 Å². The third kappa shape index (κ3) is 4.31. The Bertz CT molecular complexity index is 779. The predicted molar refractivity (Wildman–Crippen MR) is 102 cm³/mol. The van der Waals surface area contributed by atoms with Crippen LogP contribution < -0.4 is 4.74 Å². The molecule has 2 aromatic rings. The largest absolute Gasteiger partial charge is 0.491 e. The lowest BCUT2D eigenvalue weighted by Crippen LogP contribution is -2.14. The molecule has 0 saturated heterocycles. The molecule has 4 heteroatoms. The van der Waals surface area contributed by atoms with Crippen LogP contribution in [-0.2, 0) is 6.42 Å². The fraction of sp³-hybridized carbons (Fsp3) is 0.478. The minimum Gasteiger partial charge on any atom is -0.491 e. The van der Waals surface area contributed by atoms with Gasteiger partial charge in [0.15, 0.2) is 11.6 Å². The molecule has 1 saturated carbocycles. The molecule has 0 atom stereocenters. The van der Waals surface area contributed by atoms with Crippen molar-refractivity contribution in [1.29, 1.82) is 0 Å². The van der Waals surface area contributed by atoms with Crippen LogP contribution in [0.5, 0.6) is 5.75 Å². The van der Waals surface area contributed by atoms with Gasteiger partial charge in [0, 0.05) is 0 Å². The summed E-state index contributed by atoms with van der Waals surface area (Å²) in [6.45, 7) is 4.08. The zero-order valence-electron chi connectivity index (χ0n) is 16.0. The minimum absolute atomic E-state index is 0.00404. The third-order valence-corrected chi connectivity index (χ3v) is 5.61. The lowest BCUT2D eigenvalue weighted by Gasteiger charge is -2.29.